The van der Waals surface area contributed by atoms with E-state index in [0.29, 0.717) is 0 Å². The molecule has 82 valence electrons. The summed E-state index contributed by atoms with van der Waals surface area (Å²) in [6, 6.07) is 0. The van der Waals surface area contributed by atoms with Crippen LogP contribution in [0.2, 0.25) is 0 Å². The van der Waals surface area contributed by atoms with Gasteiger partial charge in [0.25, 0.3) is 0 Å². The zero-order valence-electron chi connectivity index (χ0n) is 8.04. The summed E-state index contributed by atoms with van der Waals surface area (Å²) in [7, 11) is 1.31. The molecule has 0 aliphatic heterocycles. The molecule has 0 amide bonds. The Hall–Kier alpha value is -2.03. The Labute approximate surface area is 83.6 Å². The van der Waals surface area contributed by atoms with Crippen LogP contribution in [0.25, 0.3) is 0 Å². The number of nitro groups is 2. The summed E-state index contributed by atoms with van der Waals surface area (Å²) in [5.74, 6) is -0.956. The molecule has 0 spiro atoms. The van der Waals surface area contributed by atoms with Crippen LogP contribution in [0.5, 0.6) is 0 Å². The average Bonchev–Trinajstić information content (AvgIpc) is 2.43. The van der Waals surface area contributed by atoms with Gasteiger partial charge in [0.05, 0.1) is 0 Å². The van der Waals surface area contributed by atoms with Crippen LogP contribution in [0.1, 0.15) is 5.56 Å². The Morgan fingerprint density at radius 1 is 1.40 bits per heavy atom. The maximum atomic E-state index is 10.6. The minimum absolute atomic E-state index is 0.0814. The van der Waals surface area contributed by atoms with Crippen molar-refractivity contribution in [2.24, 2.45) is 0 Å². The van der Waals surface area contributed by atoms with Crippen LogP contribution in [0.3, 0.4) is 0 Å². The lowest BCUT2D eigenvalue weighted by Crippen LogP contribution is -2.06. The minimum Gasteiger partial charge on any atom is -0.358 e. The Bertz CT molecular complexity index is 412. The second-order valence-electron chi connectivity index (χ2n) is 2.70. The first kappa shape index (κ1) is 11.0. The first-order chi connectivity index (χ1) is 6.99. The molecule has 0 aliphatic rings. The van der Waals surface area contributed by atoms with E-state index in [2.05, 4.69) is 9.84 Å². The minimum atomic E-state index is -0.769. The summed E-state index contributed by atoms with van der Waals surface area (Å²) in [5, 5.41) is 24.6. The second kappa shape index (κ2) is 4.00. The molecule has 0 fully saturated rings. The Balaban J connectivity index is 3.32. The fourth-order valence-corrected chi connectivity index (χ4v) is 1.15. The normalized spacial score (nSPS) is 10.3. The molecule has 1 aromatic rings. The molecule has 0 bridgehead atoms. The number of aromatic nitrogens is 2. The summed E-state index contributed by atoms with van der Waals surface area (Å²) in [4.78, 5) is 19.6. The number of rotatable bonds is 4. The number of nitrogens with zero attached hydrogens (tertiary/aromatic N) is 4. The van der Waals surface area contributed by atoms with E-state index in [1.807, 2.05) is 0 Å². The van der Waals surface area contributed by atoms with Crippen molar-refractivity contribution in [1.29, 1.82) is 0 Å². The molecule has 1 aromatic heterocycles. The zero-order chi connectivity index (χ0) is 11.6. The fraction of sp³-hybridized carbons (Fsp3) is 0.500. The lowest BCUT2D eigenvalue weighted by Gasteiger charge is -1.93. The quantitative estimate of drug-likeness (QED) is 0.538. The average molecular weight is 216 g/mol. The highest BCUT2D eigenvalue weighted by Crippen LogP contribution is 2.26. The van der Waals surface area contributed by atoms with E-state index in [0.717, 1.165) is 4.68 Å². The van der Waals surface area contributed by atoms with Crippen molar-refractivity contribution < 1.29 is 14.6 Å². The van der Waals surface area contributed by atoms with Crippen LogP contribution >= 0.6 is 0 Å². The molecule has 0 N–H and O–H groups in total. The third kappa shape index (κ3) is 1.91. The largest absolute Gasteiger partial charge is 0.423 e. The summed E-state index contributed by atoms with van der Waals surface area (Å²) in [6.45, 7) is 1.07. The smallest absolute Gasteiger partial charge is 0.358 e. The van der Waals surface area contributed by atoms with Gasteiger partial charge in [0.1, 0.15) is 5.56 Å². The molecule has 1 rings (SSSR count). The van der Waals surface area contributed by atoms with Crippen LogP contribution < -0.4 is 0 Å². The van der Waals surface area contributed by atoms with E-state index >= 15 is 0 Å². The Morgan fingerprint density at radius 3 is 2.40 bits per heavy atom. The standard InChI is InChI=1S/C6H8N4O5/c1-4-5(9(11)12)7-8(3-15-2)6(4)10(13)14/h3H2,1-2H3. The molecule has 0 aliphatic carbocycles. The highest BCUT2D eigenvalue weighted by molar-refractivity contribution is 5.44. The highest BCUT2D eigenvalue weighted by atomic mass is 16.6. The lowest BCUT2D eigenvalue weighted by molar-refractivity contribution is -0.396. The van der Waals surface area contributed by atoms with Crippen molar-refractivity contribution in [2.75, 3.05) is 7.11 Å². The molecule has 9 nitrogen and oxygen atoms in total. The van der Waals surface area contributed by atoms with Gasteiger partial charge in [0.2, 0.25) is 6.73 Å². The summed E-state index contributed by atoms with van der Waals surface area (Å²) in [5.41, 5.74) is -0.0814. The van der Waals surface area contributed by atoms with E-state index in [9.17, 15) is 20.2 Å². The van der Waals surface area contributed by atoms with Crippen LogP contribution in [-0.2, 0) is 11.5 Å². The third-order valence-corrected chi connectivity index (χ3v) is 1.73. The summed E-state index contributed by atoms with van der Waals surface area (Å²) in [6.07, 6.45) is 0. The molecule has 9 heteroatoms. The monoisotopic (exact) mass is 216 g/mol. The molecule has 15 heavy (non-hydrogen) atoms. The number of hydrogen-bond donors (Lipinski definition) is 0. The number of methoxy groups -OCH3 is 1. The third-order valence-electron chi connectivity index (χ3n) is 1.73. The number of hydrogen-bond acceptors (Lipinski definition) is 6. The van der Waals surface area contributed by atoms with Crippen molar-refractivity contribution in [3.05, 3.63) is 25.8 Å². The molecule has 1 heterocycles. The zero-order valence-corrected chi connectivity index (χ0v) is 8.04. The maximum Gasteiger partial charge on any atom is 0.423 e. The molecule has 0 unspecified atom stereocenters. The molecular formula is C6H8N4O5. The predicted molar refractivity (Wildman–Crippen MR) is 47.3 cm³/mol. The molecular weight excluding hydrogens is 208 g/mol. The van der Waals surface area contributed by atoms with Crippen LogP contribution in [0, 0.1) is 27.2 Å². The van der Waals surface area contributed by atoms with Gasteiger partial charge in [-0.25, -0.2) is 0 Å². The molecule has 0 aromatic carbocycles. The van der Waals surface area contributed by atoms with E-state index in [1.165, 1.54) is 14.0 Å². The number of ether oxygens (including phenoxy) is 1. The fourth-order valence-electron chi connectivity index (χ4n) is 1.15. The van der Waals surface area contributed by atoms with Crippen molar-refractivity contribution in [3.8, 4) is 0 Å². The first-order valence-electron chi connectivity index (χ1n) is 3.84. The second-order valence-corrected chi connectivity index (χ2v) is 2.70. The van der Waals surface area contributed by atoms with E-state index in [1.54, 1.807) is 0 Å². The van der Waals surface area contributed by atoms with E-state index < -0.39 is 21.5 Å². The van der Waals surface area contributed by atoms with Gasteiger partial charge in [-0.3, -0.25) is 0 Å². The first-order valence-corrected chi connectivity index (χ1v) is 3.84. The summed E-state index contributed by atoms with van der Waals surface area (Å²) >= 11 is 0. The van der Waals surface area contributed by atoms with E-state index in [-0.39, 0.29) is 12.3 Å². The SMILES string of the molecule is COCn1nc([N+](=O)[O-])c(C)c1[N+](=O)[O-]. The highest BCUT2D eigenvalue weighted by Gasteiger charge is 2.33. The Kier molecular flexibility index (Phi) is 2.95. The van der Waals surface area contributed by atoms with Crippen LogP contribution in [-0.4, -0.2) is 26.7 Å². The van der Waals surface area contributed by atoms with Gasteiger partial charge >= 0.3 is 11.6 Å². The molecule has 0 saturated heterocycles. The molecule has 0 saturated carbocycles. The topological polar surface area (TPSA) is 113 Å². The van der Waals surface area contributed by atoms with Crippen molar-refractivity contribution in [2.45, 2.75) is 13.7 Å². The summed E-state index contributed by atoms with van der Waals surface area (Å²) < 4.78 is 5.48. The lowest BCUT2D eigenvalue weighted by atomic mass is 10.3. The molecule has 0 atom stereocenters. The van der Waals surface area contributed by atoms with Gasteiger partial charge in [-0.2, -0.15) is 0 Å². The van der Waals surface area contributed by atoms with Crippen molar-refractivity contribution in [1.82, 2.24) is 9.78 Å². The van der Waals surface area contributed by atoms with Gasteiger partial charge < -0.3 is 25.0 Å². The van der Waals surface area contributed by atoms with Gasteiger partial charge in [0, 0.05) is 7.11 Å². The van der Waals surface area contributed by atoms with Crippen molar-refractivity contribution >= 4 is 11.6 Å². The Morgan fingerprint density at radius 2 is 2.00 bits per heavy atom. The van der Waals surface area contributed by atoms with Crippen LogP contribution in [0.15, 0.2) is 0 Å². The van der Waals surface area contributed by atoms with Gasteiger partial charge in [-0.05, 0) is 21.5 Å². The van der Waals surface area contributed by atoms with Gasteiger partial charge in [-0.1, -0.05) is 0 Å². The van der Waals surface area contributed by atoms with Crippen molar-refractivity contribution in [3.63, 3.8) is 0 Å². The van der Waals surface area contributed by atoms with Gasteiger partial charge in [-0.15, -0.1) is 0 Å². The van der Waals surface area contributed by atoms with E-state index in [4.69, 9.17) is 0 Å². The van der Waals surface area contributed by atoms with Crippen LogP contribution in [0.4, 0.5) is 11.6 Å². The predicted octanol–water partition coefficient (Wildman–Crippen LogP) is 0.612. The molecule has 0 radical (unpaired) electrons. The van der Waals surface area contributed by atoms with Gasteiger partial charge in [0.15, 0.2) is 5.10 Å². The maximum absolute atomic E-state index is 10.6.